The molecule has 3 aromatic rings. The van der Waals surface area contributed by atoms with Crippen molar-refractivity contribution in [1.29, 1.82) is 0 Å². The number of halogens is 5. The van der Waals surface area contributed by atoms with Gasteiger partial charge in [-0.1, -0.05) is 6.92 Å². The number of pyridine rings is 1. The van der Waals surface area contributed by atoms with Crippen LogP contribution in [0.15, 0.2) is 6.07 Å². The highest BCUT2D eigenvalue weighted by molar-refractivity contribution is 5.96. The van der Waals surface area contributed by atoms with Crippen molar-refractivity contribution >= 4 is 22.4 Å². The van der Waals surface area contributed by atoms with Gasteiger partial charge < -0.3 is 30.6 Å². The van der Waals surface area contributed by atoms with Gasteiger partial charge >= 0.3 is 12.2 Å². The third-order valence-electron chi connectivity index (χ3n) is 6.99. The highest BCUT2D eigenvalue weighted by atomic mass is 19.4. The van der Waals surface area contributed by atoms with Crippen molar-refractivity contribution in [1.82, 2.24) is 20.3 Å². The Balaban J connectivity index is 1.80. The summed E-state index contributed by atoms with van der Waals surface area (Å²) in [6, 6.07) is 0.532. The fourth-order valence-corrected chi connectivity index (χ4v) is 4.81. The van der Waals surface area contributed by atoms with Gasteiger partial charge in [-0.3, -0.25) is 0 Å². The van der Waals surface area contributed by atoms with Crippen molar-refractivity contribution in [3.63, 3.8) is 0 Å². The molecule has 0 amide bonds. The molecule has 216 valence electrons. The van der Waals surface area contributed by atoms with Crippen LogP contribution in [0.2, 0.25) is 0 Å². The monoisotopic (exact) mass is 568 g/mol. The van der Waals surface area contributed by atoms with Gasteiger partial charge in [-0.2, -0.15) is 23.1 Å². The number of nitrogens with two attached hydrogens (primary N) is 1. The van der Waals surface area contributed by atoms with Gasteiger partial charge in [-0.25, -0.2) is 13.8 Å². The van der Waals surface area contributed by atoms with Crippen molar-refractivity contribution < 1.29 is 36.2 Å². The molecule has 5 rings (SSSR count). The predicted octanol–water partition coefficient (Wildman–Crippen LogP) is 4.47. The van der Waals surface area contributed by atoms with E-state index in [9.17, 15) is 17.6 Å². The van der Waals surface area contributed by atoms with Crippen LogP contribution in [0.25, 0.3) is 22.2 Å². The van der Waals surface area contributed by atoms with Gasteiger partial charge in [0.15, 0.2) is 5.82 Å². The summed E-state index contributed by atoms with van der Waals surface area (Å²) in [5, 5.41) is 6.38. The van der Waals surface area contributed by atoms with E-state index in [0.717, 1.165) is 13.0 Å². The molecular formula is C26H29F5N6O3. The van der Waals surface area contributed by atoms with E-state index in [0.29, 0.717) is 32.7 Å². The molecule has 0 spiro atoms. The zero-order valence-electron chi connectivity index (χ0n) is 22.1. The minimum Gasteiger partial charge on any atom is -0.474 e. The Morgan fingerprint density at radius 2 is 1.82 bits per heavy atom. The van der Waals surface area contributed by atoms with E-state index in [1.807, 2.05) is 6.92 Å². The lowest BCUT2D eigenvalue weighted by atomic mass is 9.96. The standard InChI is InChI=1S/C26H29F5N6O3/c1-11-9-38-10-16(11)40-25-36-22-17-23(37-25)34-7-6-33-5-4-12(2)39-24(17)35-21(20(22)28)14-8-15(32)19(27)13(3)18(14)26(29,30)31/h8,11-12,16,33H,4-7,9-10,32H2,1-3H3,(H,34,36,37). The Kier molecular flexibility index (Phi) is 7.57. The summed E-state index contributed by atoms with van der Waals surface area (Å²) in [5.74, 6) is -2.47. The number of rotatable bonds is 3. The summed E-state index contributed by atoms with van der Waals surface area (Å²) in [6.07, 6.45) is -5.38. The Hall–Kier alpha value is -3.52. The van der Waals surface area contributed by atoms with Gasteiger partial charge in [0, 0.05) is 24.6 Å². The second-order valence-corrected chi connectivity index (χ2v) is 10.0. The Morgan fingerprint density at radius 3 is 2.52 bits per heavy atom. The summed E-state index contributed by atoms with van der Waals surface area (Å²) in [5.41, 5.74) is 1.09. The minimum absolute atomic E-state index is 0.00566. The fraction of sp³-hybridized carbons (Fsp3) is 0.500. The van der Waals surface area contributed by atoms with Crippen LogP contribution >= 0.6 is 0 Å². The summed E-state index contributed by atoms with van der Waals surface area (Å²) < 4.78 is 90.8. The molecule has 3 atom stereocenters. The zero-order valence-corrected chi connectivity index (χ0v) is 22.1. The number of nitrogen functional groups attached to an aromatic ring is 1. The van der Waals surface area contributed by atoms with Gasteiger partial charge in [-0.05, 0) is 38.4 Å². The molecule has 14 heteroatoms. The van der Waals surface area contributed by atoms with Crippen LogP contribution in [0.4, 0.5) is 33.5 Å². The van der Waals surface area contributed by atoms with Gasteiger partial charge in [0.05, 0.1) is 30.6 Å². The first kappa shape index (κ1) is 28.0. The summed E-state index contributed by atoms with van der Waals surface area (Å²) in [6.45, 7) is 6.85. The molecular weight excluding hydrogens is 539 g/mol. The summed E-state index contributed by atoms with van der Waals surface area (Å²) >= 11 is 0. The van der Waals surface area contributed by atoms with Crippen molar-refractivity contribution in [2.75, 3.05) is 43.9 Å². The Morgan fingerprint density at radius 1 is 1.05 bits per heavy atom. The van der Waals surface area contributed by atoms with Crippen LogP contribution in [0, 0.1) is 24.5 Å². The van der Waals surface area contributed by atoms with E-state index in [1.54, 1.807) is 6.92 Å². The number of anilines is 2. The minimum atomic E-state index is -5.04. The van der Waals surface area contributed by atoms with Crippen molar-refractivity contribution in [2.24, 2.45) is 5.92 Å². The normalized spacial score (nSPS) is 21.9. The lowest BCUT2D eigenvalue weighted by Gasteiger charge is -2.21. The number of nitrogens with zero attached hydrogens (tertiary/aromatic N) is 3. The molecule has 4 heterocycles. The number of nitrogens with one attached hydrogen (secondary N) is 2. The second kappa shape index (κ2) is 10.8. The van der Waals surface area contributed by atoms with Crippen LogP contribution in [0.1, 0.15) is 31.4 Å². The largest absolute Gasteiger partial charge is 0.474 e. The van der Waals surface area contributed by atoms with Crippen molar-refractivity contribution in [3.8, 4) is 23.1 Å². The molecule has 4 N–H and O–H groups in total. The first-order valence-corrected chi connectivity index (χ1v) is 12.9. The zero-order chi connectivity index (χ0) is 28.8. The average Bonchev–Trinajstić information content (AvgIpc) is 3.27. The maximum absolute atomic E-state index is 16.3. The number of hydrogen-bond donors (Lipinski definition) is 3. The topological polar surface area (TPSA) is 116 Å². The molecule has 1 fully saturated rings. The van der Waals surface area contributed by atoms with Crippen molar-refractivity contribution in [2.45, 2.75) is 45.6 Å². The molecule has 3 unspecified atom stereocenters. The number of aromatic nitrogens is 3. The number of hydrogen-bond acceptors (Lipinski definition) is 9. The Labute approximate surface area is 226 Å². The maximum atomic E-state index is 16.3. The van der Waals surface area contributed by atoms with E-state index in [4.69, 9.17) is 19.9 Å². The molecule has 2 aromatic heterocycles. The number of alkyl halides is 3. The lowest BCUT2D eigenvalue weighted by molar-refractivity contribution is -0.137. The molecule has 1 saturated heterocycles. The first-order valence-electron chi connectivity index (χ1n) is 12.9. The smallest absolute Gasteiger partial charge is 0.417 e. The van der Waals surface area contributed by atoms with Gasteiger partial charge in [-0.15, -0.1) is 0 Å². The predicted molar refractivity (Wildman–Crippen MR) is 137 cm³/mol. The van der Waals surface area contributed by atoms with E-state index >= 15 is 4.39 Å². The lowest BCUT2D eigenvalue weighted by Crippen LogP contribution is -2.26. The van der Waals surface area contributed by atoms with E-state index in [1.165, 1.54) is 0 Å². The second-order valence-electron chi connectivity index (χ2n) is 10.0. The van der Waals surface area contributed by atoms with Crippen LogP contribution in [-0.2, 0) is 10.9 Å². The van der Waals surface area contributed by atoms with Gasteiger partial charge in [0.25, 0.3) is 0 Å². The van der Waals surface area contributed by atoms with E-state index in [2.05, 4.69) is 25.6 Å². The third kappa shape index (κ3) is 5.29. The molecule has 1 aromatic carbocycles. The molecule has 0 radical (unpaired) electrons. The molecule has 0 saturated carbocycles. The molecule has 0 aliphatic carbocycles. The third-order valence-corrected chi connectivity index (χ3v) is 6.99. The van der Waals surface area contributed by atoms with Gasteiger partial charge in [0.1, 0.15) is 34.3 Å². The molecule has 2 aliphatic heterocycles. The van der Waals surface area contributed by atoms with Crippen LogP contribution < -0.4 is 25.8 Å². The fourth-order valence-electron chi connectivity index (χ4n) is 4.81. The highest BCUT2D eigenvalue weighted by Crippen LogP contribution is 2.44. The highest BCUT2D eigenvalue weighted by Gasteiger charge is 2.39. The molecule has 0 bridgehead atoms. The first-order chi connectivity index (χ1) is 19.0. The SMILES string of the molecule is Cc1c(F)c(N)cc(-c2nc3c4c(nc(OC5COCC5C)nc4c2F)NCCNCCC(C)O3)c1C(F)(F)F. The Bertz CT molecular complexity index is 1440. The summed E-state index contributed by atoms with van der Waals surface area (Å²) in [4.78, 5) is 12.9. The van der Waals surface area contributed by atoms with Gasteiger partial charge in [0.2, 0.25) is 5.88 Å². The molecule has 2 aliphatic rings. The maximum Gasteiger partial charge on any atom is 0.417 e. The quantitative estimate of drug-likeness (QED) is 0.311. The average molecular weight is 569 g/mol. The van der Waals surface area contributed by atoms with Crippen molar-refractivity contribution in [3.05, 3.63) is 28.8 Å². The molecule has 9 nitrogen and oxygen atoms in total. The van der Waals surface area contributed by atoms with E-state index < -0.39 is 58.1 Å². The van der Waals surface area contributed by atoms with E-state index in [-0.39, 0.29) is 41.1 Å². The van der Waals surface area contributed by atoms with Crippen LogP contribution in [0.5, 0.6) is 11.9 Å². The summed E-state index contributed by atoms with van der Waals surface area (Å²) in [7, 11) is 0. The number of benzene rings is 1. The number of ether oxygens (including phenoxy) is 3. The van der Waals surface area contributed by atoms with Crippen LogP contribution in [0.3, 0.4) is 0 Å². The molecule has 40 heavy (non-hydrogen) atoms. The van der Waals surface area contributed by atoms with Crippen LogP contribution in [-0.4, -0.2) is 60.0 Å².